The van der Waals surface area contributed by atoms with E-state index in [1.165, 1.54) is 0 Å². The van der Waals surface area contributed by atoms with E-state index >= 15 is 0 Å². The summed E-state index contributed by atoms with van der Waals surface area (Å²) in [6.45, 7) is 1.26. The molecule has 7 heteroatoms. The van der Waals surface area contributed by atoms with Crippen LogP contribution < -0.4 is 11.1 Å². The largest absolute Gasteiger partial charge is 0.409 e. The molecule has 1 rings (SSSR count). The number of rotatable bonds is 6. The highest BCUT2D eigenvalue weighted by Crippen LogP contribution is 2.17. The highest BCUT2D eigenvalue weighted by Gasteiger charge is 2.04. The van der Waals surface area contributed by atoms with Gasteiger partial charge in [-0.3, -0.25) is 4.21 Å². The maximum atomic E-state index is 10.9. The Labute approximate surface area is 113 Å². The van der Waals surface area contributed by atoms with Gasteiger partial charge in [0, 0.05) is 46.5 Å². The van der Waals surface area contributed by atoms with Crippen LogP contribution in [0, 0.1) is 0 Å². The average Bonchev–Trinajstić information content (AvgIpc) is 2.34. The lowest BCUT2D eigenvalue weighted by atomic mass is 10.1. The van der Waals surface area contributed by atoms with Crippen molar-refractivity contribution in [3.8, 4) is 0 Å². The van der Waals surface area contributed by atoms with E-state index in [-0.39, 0.29) is 5.84 Å². The van der Waals surface area contributed by atoms with Crippen LogP contribution in [0.25, 0.3) is 0 Å². The molecule has 0 aromatic heterocycles. The van der Waals surface area contributed by atoms with E-state index in [9.17, 15) is 4.21 Å². The predicted molar refractivity (Wildman–Crippen MR) is 74.6 cm³/mol. The normalized spacial score (nSPS) is 13.6. The molecular formula is C11H16ClN3O2S. The van der Waals surface area contributed by atoms with Gasteiger partial charge in [0.15, 0.2) is 5.84 Å². The number of hydrogen-bond donors (Lipinski definition) is 3. The molecule has 0 bridgehead atoms. The van der Waals surface area contributed by atoms with Crippen molar-refractivity contribution in [2.24, 2.45) is 10.9 Å². The number of halogens is 1. The first-order valence-electron chi connectivity index (χ1n) is 5.31. The van der Waals surface area contributed by atoms with Gasteiger partial charge in [0.25, 0.3) is 0 Å². The molecule has 4 N–H and O–H groups in total. The lowest BCUT2D eigenvalue weighted by Gasteiger charge is -2.07. The first kappa shape index (κ1) is 14.9. The smallest absolute Gasteiger partial charge is 0.170 e. The van der Waals surface area contributed by atoms with Crippen LogP contribution in [-0.4, -0.2) is 33.8 Å². The van der Waals surface area contributed by atoms with Gasteiger partial charge in [-0.05, 0) is 11.6 Å². The summed E-state index contributed by atoms with van der Waals surface area (Å²) in [7, 11) is -0.795. The number of nitrogens with one attached hydrogen (secondary N) is 1. The molecule has 1 aromatic rings. The second kappa shape index (κ2) is 7.35. The molecule has 0 radical (unpaired) electrons. The van der Waals surface area contributed by atoms with Crippen LogP contribution in [0.1, 0.15) is 11.1 Å². The van der Waals surface area contributed by atoms with Gasteiger partial charge in [0.2, 0.25) is 0 Å². The van der Waals surface area contributed by atoms with Crippen molar-refractivity contribution in [2.75, 3.05) is 18.6 Å². The first-order chi connectivity index (χ1) is 8.54. The minimum atomic E-state index is -0.795. The zero-order valence-electron chi connectivity index (χ0n) is 10.0. The molecule has 18 heavy (non-hydrogen) atoms. The summed E-state index contributed by atoms with van der Waals surface area (Å²) in [5.74, 6) is 0.637. The van der Waals surface area contributed by atoms with Gasteiger partial charge in [-0.25, -0.2) is 0 Å². The lowest BCUT2D eigenvalue weighted by molar-refractivity contribution is 0.318. The lowest BCUT2D eigenvalue weighted by Crippen LogP contribution is -2.20. The molecule has 0 aliphatic heterocycles. The Balaban J connectivity index is 2.60. The molecule has 5 nitrogen and oxygen atoms in total. The van der Waals surface area contributed by atoms with Gasteiger partial charge < -0.3 is 16.3 Å². The molecule has 0 heterocycles. The third kappa shape index (κ3) is 4.64. The topological polar surface area (TPSA) is 87.7 Å². The van der Waals surface area contributed by atoms with Crippen LogP contribution in [-0.2, 0) is 17.3 Å². The van der Waals surface area contributed by atoms with E-state index in [0.29, 0.717) is 29.4 Å². The summed E-state index contributed by atoms with van der Waals surface area (Å²) in [6.07, 6.45) is 1.67. The Morgan fingerprint density at radius 1 is 1.61 bits per heavy atom. The molecule has 0 spiro atoms. The van der Waals surface area contributed by atoms with E-state index in [0.717, 1.165) is 5.56 Å². The SMILES string of the molecule is CS(=O)CCNCc1ccc(/C(N)=N/O)cc1Cl. The van der Waals surface area contributed by atoms with Crippen LogP contribution in [0.5, 0.6) is 0 Å². The maximum absolute atomic E-state index is 10.9. The Morgan fingerprint density at radius 2 is 2.33 bits per heavy atom. The predicted octanol–water partition coefficient (Wildman–Crippen LogP) is 0.903. The number of benzene rings is 1. The fourth-order valence-corrected chi connectivity index (χ4v) is 2.03. The highest BCUT2D eigenvalue weighted by molar-refractivity contribution is 7.84. The summed E-state index contributed by atoms with van der Waals surface area (Å²) < 4.78 is 10.9. The second-order valence-electron chi connectivity index (χ2n) is 3.75. The molecule has 1 aromatic carbocycles. The van der Waals surface area contributed by atoms with Crippen molar-refractivity contribution in [3.63, 3.8) is 0 Å². The van der Waals surface area contributed by atoms with Crippen molar-refractivity contribution >= 4 is 28.2 Å². The van der Waals surface area contributed by atoms with Crippen molar-refractivity contribution in [1.29, 1.82) is 0 Å². The molecule has 1 unspecified atom stereocenters. The van der Waals surface area contributed by atoms with Crippen molar-refractivity contribution in [3.05, 3.63) is 34.3 Å². The van der Waals surface area contributed by atoms with E-state index in [1.807, 2.05) is 6.07 Å². The monoisotopic (exact) mass is 289 g/mol. The number of amidine groups is 1. The quantitative estimate of drug-likeness (QED) is 0.239. The van der Waals surface area contributed by atoms with Crippen LogP contribution in [0.2, 0.25) is 5.02 Å². The summed E-state index contributed by atoms with van der Waals surface area (Å²) in [6, 6.07) is 5.19. The van der Waals surface area contributed by atoms with Gasteiger partial charge in [0.1, 0.15) is 0 Å². The number of oxime groups is 1. The zero-order chi connectivity index (χ0) is 13.5. The third-order valence-electron chi connectivity index (χ3n) is 2.34. The third-order valence-corrected chi connectivity index (χ3v) is 3.47. The minimum Gasteiger partial charge on any atom is -0.409 e. The van der Waals surface area contributed by atoms with Crippen LogP contribution in [0.3, 0.4) is 0 Å². The van der Waals surface area contributed by atoms with Gasteiger partial charge in [-0.2, -0.15) is 0 Å². The summed E-state index contributed by atoms with van der Waals surface area (Å²) in [4.78, 5) is 0. The van der Waals surface area contributed by atoms with Gasteiger partial charge in [0.05, 0.1) is 0 Å². The van der Waals surface area contributed by atoms with Crippen LogP contribution >= 0.6 is 11.6 Å². The summed E-state index contributed by atoms with van der Waals surface area (Å²) in [5.41, 5.74) is 6.94. The Bertz CT molecular complexity index is 466. The standard InChI is InChI=1S/C11H16ClN3O2S/c1-18(17)5-4-14-7-9-3-2-8(6-10(9)12)11(13)15-16/h2-3,6,14,16H,4-5,7H2,1H3,(H2,13,15). The zero-order valence-corrected chi connectivity index (χ0v) is 11.6. The minimum absolute atomic E-state index is 0.0257. The highest BCUT2D eigenvalue weighted by atomic mass is 35.5. The van der Waals surface area contributed by atoms with E-state index in [2.05, 4.69) is 10.5 Å². The molecule has 0 saturated heterocycles. The Kier molecular flexibility index (Phi) is 6.11. The van der Waals surface area contributed by atoms with Gasteiger partial charge in [-0.1, -0.05) is 28.9 Å². The number of nitrogens with zero attached hydrogens (tertiary/aromatic N) is 1. The van der Waals surface area contributed by atoms with E-state index in [4.69, 9.17) is 22.5 Å². The molecule has 100 valence electrons. The molecule has 0 saturated carbocycles. The molecule has 0 amide bonds. The second-order valence-corrected chi connectivity index (χ2v) is 5.71. The summed E-state index contributed by atoms with van der Waals surface area (Å²) >= 11 is 6.08. The van der Waals surface area contributed by atoms with Crippen molar-refractivity contribution in [2.45, 2.75) is 6.54 Å². The number of nitrogens with two attached hydrogens (primary N) is 1. The Morgan fingerprint density at radius 3 is 2.89 bits per heavy atom. The van der Waals surface area contributed by atoms with Gasteiger partial charge in [-0.15, -0.1) is 0 Å². The van der Waals surface area contributed by atoms with E-state index in [1.54, 1.807) is 18.4 Å². The number of hydrogen-bond acceptors (Lipinski definition) is 4. The molecule has 0 aliphatic rings. The van der Waals surface area contributed by atoms with Crippen LogP contribution in [0.4, 0.5) is 0 Å². The maximum Gasteiger partial charge on any atom is 0.170 e. The van der Waals surface area contributed by atoms with E-state index < -0.39 is 10.8 Å². The first-order valence-corrected chi connectivity index (χ1v) is 7.42. The Hall–Kier alpha value is -1.11. The molecule has 1 atom stereocenters. The van der Waals surface area contributed by atoms with Crippen molar-refractivity contribution in [1.82, 2.24) is 5.32 Å². The van der Waals surface area contributed by atoms with Crippen LogP contribution in [0.15, 0.2) is 23.4 Å². The van der Waals surface area contributed by atoms with Crippen molar-refractivity contribution < 1.29 is 9.42 Å². The molecule has 0 aliphatic carbocycles. The average molecular weight is 290 g/mol. The summed E-state index contributed by atoms with van der Waals surface area (Å²) in [5, 5.41) is 15.2. The fraction of sp³-hybridized carbons (Fsp3) is 0.364. The molecule has 0 fully saturated rings. The van der Waals surface area contributed by atoms with Gasteiger partial charge >= 0.3 is 0 Å². The fourth-order valence-electron chi connectivity index (χ4n) is 1.35. The molecular weight excluding hydrogens is 274 g/mol.